The molecule has 0 aliphatic heterocycles. The van der Waals surface area contributed by atoms with Crippen LogP contribution in [0.1, 0.15) is 22.8 Å². The number of rotatable bonds is 1. The van der Waals surface area contributed by atoms with E-state index in [9.17, 15) is 19.8 Å². The quantitative estimate of drug-likeness (QED) is 0.747. The van der Waals surface area contributed by atoms with Crippen molar-refractivity contribution in [3.8, 4) is 22.9 Å². The third-order valence-corrected chi connectivity index (χ3v) is 3.32. The van der Waals surface area contributed by atoms with Crippen molar-refractivity contribution in [2.45, 2.75) is 6.92 Å². The molecule has 1 aliphatic carbocycles. The fraction of sp³-hybridized carbons (Fsp3) is 0.133. The number of H-pyrrole nitrogens is 1. The fourth-order valence-electron chi connectivity index (χ4n) is 2.46. The molecule has 0 saturated carbocycles. The maximum Gasteiger partial charge on any atom is 0.434 e. The fourth-order valence-corrected chi connectivity index (χ4v) is 2.46. The lowest BCUT2D eigenvalue weighted by atomic mass is 9.85. The maximum absolute atomic E-state index is 12.5. The van der Waals surface area contributed by atoms with Gasteiger partial charge in [-0.1, -0.05) is 24.3 Å². The number of aromatic amines is 1. The van der Waals surface area contributed by atoms with Gasteiger partial charge >= 0.3 is 6.09 Å². The molecule has 22 heavy (non-hydrogen) atoms. The predicted molar refractivity (Wildman–Crippen MR) is 77.4 cm³/mol. The Morgan fingerprint density at radius 2 is 1.82 bits per heavy atom. The van der Waals surface area contributed by atoms with Gasteiger partial charge in [0.1, 0.15) is 5.71 Å². The Hall–Kier alpha value is -3.09. The van der Waals surface area contributed by atoms with E-state index in [0.717, 1.165) is 0 Å². The minimum atomic E-state index is -0.934. The van der Waals surface area contributed by atoms with E-state index in [1.54, 1.807) is 31.2 Å². The number of aliphatic imine (C=N–C) groups is 1. The molecule has 0 spiro atoms. The van der Waals surface area contributed by atoms with E-state index in [1.165, 1.54) is 0 Å². The van der Waals surface area contributed by atoms with Crippen LogP contribution in [0.15, 0.2) is 29.3 Å². The summed E-state index contributed by atoms with van der Waals surface area (Å²) < 4.78 is 4.71. The number of aromatic nitrogens is 1. The highest BCUT2D eigenvalue weighted by atomic mass is 16.5. The zero-order chi connectivity index (χ0) is 15.9. The number of hydrogen-bond donors (Lipinski definition) is 3. The molecule has 1 amide bonds. The number of aromatic hydroxyl groups is 2. The maximum atomic E-state index is 12.5. The normalized spacial score (nSPS) is 14.6. The van der Waals surface area contributed by atoms with Crippen molar-refractivity contribution < 1.29 is 24.5 Å². The van der Waals surface area contributed by atoms with E-state index in [4.69, 9.17) is 4.74 Å². The van der Waals surface area contributed by atoms with Crippen LogP contribution < -0.4 is 0 Å². The average Bonchev–Trinajstić information content (AvgIpc) is 2.78. The Morgan fingerprint density at radius 3 is 2.50 bits per heavy atom. The summed E-state index contributed by atoms with van der Waals surface area (Å²) in [7, 11) is 0. The summed E-state index contributed by atoms with van der Waals surface area (Å²) in [5.74, 6) is -1.26. The van der Waals surface area contributed by atoms with Crippen molar-refractivity contribution in [3.63, 3.8) is 0 Å². The molecule has 7 nitrogen and oxygen atoms in total. The van der Waals surface area contributed by atoms with Gasteiger partial charge < -0.3 is 14.9 Å². The van der Waals surface area contributed by atoms with Crippen LogP contribution >= 0.6 is 0 Å². The second kappa shape index (κ2) is 5.03. The lowest BCUT2D eigenvalue weighted by Gasteiger charge is -2.16. The van der Waals surface area contributed by atoms with Crippen molar-refractivity contribution in [2.24, 2.45) is 4.99 Å². The van der Waals surface area contributed by atoms with Crippen LogP contribution in [0, 0.1) is 0 Å². The Kier molecular flexibility index (Phi) is 3.17. The van der Waals surface area contributed by atoms with E-state index in [0.29, 0.717) is 5.56 Å². The molecule has 0 bridgehead atoms. The predicted octanol–water partition coefficient (Wildman–Crippen LogP) is 2.23. The summed E-state index contributed by atoms with van der Waals surface area (Å²) in [6.45, 7) is 1.72. The largest absolute Gasteiger partial charge is 0.494 e. The molecule has 1 aromatic carbocycles. The Bertz CT molecular complexity index is 819. The summed E-state index contributed by atoms with van der Waals surface area (Å²) in [5, 5.41) is 19.9. The topological polar surface area (TPSA) is 112 Å². The SMILES string of the molecule is CCOC(=O)N=C1C(=O)c2ccccc2-c2c(O)[nH]c(O)c21. The molecule has 0 unspecified atom stereocenters. The number of amides is 1. The third kappa shape index (κ3) is 1.95. The average molecular weight is 300 g/mol. The number of ether oxygens (including phenoxy) is 1. The Morgan fingerprint density at radius 1 is 1.18 bits per heavy atom. The van der Waals surface area contributed by atoms with Gasteiger partial charge in [0.05, 0.1) is 17.7 Å². The van der Waals surface area contributed by atoms with E-state index < -0.39 is 17.8 Å². The first-order valence-corrected chi connectivity index (χ1v) is 6.58. The minimum Gasteiger partial charge on any atom is -0.494 e. The third-order valence-electron chi connectivity index (χ3n) is 3.32. The molecule has 0 fully saturated rings. The molecule has 0 atom stereocenters. The van der Waals surface area contributed by atoms with Gasteiger partial charge in [0.25, 0.3) is 0 Å². The highest BCUT2D eigenvalue weighted by Gasteiger charge is 2.35. The number of carbonyl (C=O) groups excluding carboxylic acids is 2. The molecule has 3 N–H and O–H groups in total. The van der Waals surface area contributed by atoms with Crippen LogP contribution in [-0.2, 0) is 4.74 Å². The number of nitrogens with zero attached hydrogens (tertiary/aromatic N) is 1. The number of fused-ring (bicyclic) bond motifs is 3. The molecule has 0 radical (unpaired) electrons. The van der Waals surface area contributed by atoms with Crippen molar-refractivity contribution >= 4 is 17.6 Å². The molecular weight excluding hydrogens is 288 g/mol. The second-order valence-corrected chi connectivity index (χ2v) is 4.61. The summed E-state index contributed by atoms with van der Waals surface area (Å²) in [4.78, 5) is 30.1. The molecule has 112 valence electrons. The number of ketones is 1. The van der Waals surface area contributed by atoms with Crippen LogP contribution in [0.2, 0.25) is 0 Å². The molecule has 0 saturated heterocycles. The summed E-state index contributed by atoms with van der Waals surface area (Å²) in [5.41, 5.74) is 0.706. The van der Waals surface area contributed by atoms with Crippen LogP contribution in [-0.4, -0.2) is 39.4 Å². The summed E-state index contributed by atoms with van der Waals surface area (Å²) in [6.07, 6.45) is -0.934. The molecule has 2 aromatic rings. The number of nitrogens with one attached hydrogen (secondary N) is 1. The summed E-state index contributed by atoms with van der Waals surface area (Å²) >= 11 is 0. The van der Waals surface area contributed by atoms with Gasteiger partial charge in [-0.05, 0) is 12.5 Å². The van der Waals surface area contributed by atoms with E-state index >= 15 is 0 Å². The van der Waals surface area contributed by atoms with Gasteiger partial charge in [0.15, 0.2) is 5.88 Å². The molecule has 1 aromatic heterocycles. The van der Waals surface area contributed by atoms with Gasteiger partial charge in [-0.15, -0.1) is 0 Å². The van der Waals surface area contributed by atoms with Crippen molar-refractivity contribution in [2.75, 3.05) is 6.61 Å². The van der Waals surface area contributed by atoms with E-state index in [2.05, 4.69) is 9.98 Å². The highest BCUT2D eigenvalue weighted by Crippen LogP contribution is 2.43. The zero-order valence-corrected chi connectivity index (χ0v) is 11.6. The standard InChI is InChI=1S/C15H12N2O5/c1-2-22-15(21)16-11-10-9(13(19)17-14(10)20)7-5-3-4-6-8(7)12(11)18/h3-6,17,19-20H,2H2,1H3. The van der Waals surface area contributed by atoms with Gasteiger partial charge in [0.2, 0.25) is 11.7 Å². The van der Waals surface area contributed by atoms with Gasteiger partial charge in [-0.25, -0.2) is 4.79 Å². The van der Waals surface area contributed by atoms with Gasteiger partial charge in [0, 0.05) is 5.56 Å². The number of Topliss-reactive ketones (excluding diaryl/α,β-unsaturated/α-hetero) is 1. The van der Waals surface area contributed by atoms with Crippen molar-refractivity contribution in [3.05, 3.63) is 35.4 Å². The van der Waals surface area contributed by atoms with Gasteiger partial charge in [-0.3, -0.25) is 9.78 Å². The molecule has 3 rings (SSSR count). The highest BCUT2D eigenvalue weighted by molar-refractivity contribution is 6.56. The summed E-state index contributed by atoms with van der Waals surface area (Å²) in [6, 6.07) is 6.56. The van der Waals surface area contributed by atoms with Crippen LogP contribution in [0.3, 0.4) is 0 Å². The molecule has 1 heterocycles. The first-order chi connectivity index (χ1) is 10.5. The number of carbonyl (C=O) groups is 2. The lowest BCUT2D eigenvalue weighted by molar-refractivity contribution is 0.106. The lowest BCUT2D eigenvalue weighted by Crippen LogP contribution is -2.23. The molecule has 7 heteroatoms. The Labute approximate surface area is 124 Å². The van der Waals surface area contributed by atoms with Crippen molar-refractivity contribution in [1.29, 1.82) is 0 Å². The minimum absolute atomic E-state index is 0.00532. The van der Waals surface area contributed by atoms with Gasteiger partial charge in [-0.2, -0.15) is 4.99 Å². The first kappa shape index (κ1) is 13.9. The molecular formula is C15H12N2O5. The first-order valence-electron chi connectivity index (χ1n) is 6.58. The monoisotopic (exact) mass is 300 g/mol. The van der Waals surface area contributed by atoms with E-state index in [-0.39, 0.29) is 34.9 Å². The van der Waals surface area contributed by atoms with Crippen LogP contribution in [0.4, 0.5) is 4.79 Å². The smallest absolute Gasteiger partial charge is 0.434 e. The Balaban J connectivity index is 2.28. The zero-order valence-electron chi connectivity index (χ0n) is 11.6. The number of hydrogen-bond acceptors (Lipinski definition) is 5. The van der Waals surface area contributed by atoms with Crippen molar-refractivity contribution in [1.82, 2.24) is 4.98 Å². The second-order valence-electron chi connectivity index (χ2n) is 4.61. The molecule has 1 aliphatic rings. The van der Waals surface area contributed by atoms with Crippen LogP contribution in [0.5, 0.6) is 11.8 Å². The van der Waals surface area contributed by atoms with E-state index in [1.807, 2.05) is 0 Å². The number of benzene rings is 1. The van der Waals surface area contributed by atoms with Crippen LogP contribution in [0.25, 0.3) is 11.1 Å².